The van der Waals surface area contributed by atoms with Gasteiger partial charge in [0.05, 0.1) is 12.8 Å². The largest absolute Gasteiger partial charge is 0.461 e. The molecule has 0 saturated heterocycles. The Morgan fingerprint density at radius 2 is 2.25 bits per heavy atom. The highest BCUT2D eigenvalue weighted by molar-refractivity contribution is 5.97. The fourth-order valence-electron chi connectivity index (χ4n) is 1.41. The maximum Gasteiger partial charge on any atom is 0.356 e. The first-order valence-electron chi connectivity index (χ1n) is 5.08. The summed E-state index contributed by atoms with van der Waals surface area (Å²) in [7, 11) is 0. The van der Waals surface area contributed by atoms with Gasteiger partial charge in [0, 0.05) is 17.5 Å². The predicted molar refractivity (Wildman–Crippen MR) is 62.4 cm³/mol. The highest BCUT2D eigenvalue weighted by atomic mass is 16.5. The number of benzene rings is 1. The van der Waals surface area contributed by atoms with Crippen LogP contribution in [0.2, 0.25) is 0 Å². The van der Waals surface area contributed by atoms with E-state index in [4.69, 9.17) is 4.74 Å². The third-order valence-corrected chi connectivity index (χ3v) is 2.14. The van der Waals surface area contributed by atoms with E-state index < -0.39 is 5.97 Å². The number of hydrogen-bond acceptors (Lipinski definition) is 4. The Hall–Kier alpha value is -2.10. The molecule has 4 nitrogen and oxygen atoms in total. The van der Waals surface area contributed by atoms with Crippen molar-refractivity contribution in [2.24, 2.45) is 4.99 Å². The Kier molecular flexibility index (Phi) is 3.00. The quantitative estimate of drug-likeness (QED) is 0.768. The molecule has 0 fully saturated rings. The molecule has 1 aromatic carbocycles. The van der Waals surface area contributed by atoms with E-state index in [1.807, 2.05) is 24.3 Å². The van der Waals surface area contributed by atoms with Crippen molar-refractivity contribution in [1.82, 2.24) is 0 Å². The number of anilines is 1. The monoisotopic (exact) mass is 216 g/mol. The summed E-state index contributed by atoms with van der Waals surface area (Å²) in [5, 5.41) is 3.01. The SMILES string of the molecule is CCOC(=O)C1=CN=Cc2ccccc2N1. The molecule has 0 saturated carbocycles. The molecular weight excluding hydrogens is 204 g/mol. The van der Waals surface area contributed by atoms with Gasteiger partial charge in [0.1, 0.15) is 5.70 Å². The molecule has 0 aromatic heterocycles. The molecule has 2 rings (SSSR count). The van der Waals surface area contributed by atoms with Crippen molar-refractivity contribution in [2.45, 2.75) is 6.92 Å². The molecule has 1 aliphatic rings. The zero-order valence-electron chi connectivity index (χ0n) is 8.93. The van der Waals surface area contributed by atoms with Crippen LogP contribution < -0.4 is 5.32 Å². The van der Waals surface area contributed by atoms with Crippen LogP contribution in [-0.2, 0) is 9.53 Å². The highest BCUT2D eigenvalue weighted by Crippen LogP contribution is 2.18. The molecule has 0 atom stereocenters. The number of rotatable bonds is 2. The van der Waals surface area contributed by atoms with Crippen molar-refractivity contribution >= 4 is 17.9 Å². The molecular formula is C12H12N2O2. The molecule has 1 N–H and O–H groups in total. The first-order valence-corrected chi connectivity index (χ1v) is 5.08. The summed E-state index contributed by atoms with van der Waals surface area (Å²) in [6.45, 7) is 2.12. The Morgan fingerprint density at radius 3 is 3.06 bits per heavy atom. The third kappa shape index (κ3) is 2.11. The number of hydrogen-bond donors (Lipinski definition) is 1. The van der Waals surface area contributed by atoms with Crippen LogP contribution in [0.25, 0.3) is 0 Å². The van der Waals surface area contributed by atoms with E-state index in [9.17, 15) is 4.79 Å². The number of nitrogens with one attached hydrogen (secondary N) is 1. The summed E-state index contributed by atoms with van der Waals surface area (Å²) in [4.78, 5) is 15.6. The van der Waals surface area contributed by atoms with Crippen LogP contribution in [-0.4, -0.2) is 18.8 Å². The van der Waals surface area contributed by atoms with Gasteiger partial charge in [0.25, 0.3) is 0 Å². The topological polar surface area (TPSA) is 50.7 Å². The zero-order valence-corrected chi connectivity index (χ0v) is 8.93. The lowest BCUT2D eigenvalue weighted by Crippen LogP contribution is -2.14. The number of ether oxygens (including phenoxy) is 1. The number of carbonyl (C=O) groups excluding carboxylic acids is 1. The molecule has 0 bridgehead atoms. The van der Waals surface area contributed by atoms with Gasteiger partial charge in [0.2, 0.25) is 0 Å². The average molecular weight is 216 g/mol. The van der Waals surface area contributed by atoms with Crippen LogP contribution in [0.4, 0.5) is 5.69 Å². The van der Waals surface area contributed by atoms with E-state index in [1.54, 1.807) is 13.1 Å². The molecule has 0 amide bonds. The first kappa shape index (κ1) is 10.4. The molecule has 1 heterocycles. The Labute approximate surface area is 93.6 Å². The van der Waals surface area contributed by atoms with Crippen molar-refractivity contribution in [3.05, 3.63) is 41.7 Å². The van der Waals surface area contributed by atoms with Crippen molar-refractivity contribution < 1.29 is 9.53 Å². The minimum absolute atomic E-state index is 0.350. The summed E-state index contributed by atoms with van der Waals surface area (Å²) in [6.07, 6.45) is 3.17. The maximum atomic E-state index is 11.5. The van der Waals surface area contributed by atoms with Crippen LogP contribution in [0.5, 0.6) is 0 Å². The van der Waals surface area contributed by atoms with Gasteiger partial charge in [-0.25, -0.2) is 4.79 Å². The summed E-state index contributed by atoms with van der Waals surface area (Å²) >= 11 is 0. The summed E-state index contributed by atoms with van der Waals surface area (Å²) in [5.74, 6) is -0.392. The van der Waals surface area contributed by atoms with Crippen LogP contribution >= 0.6 is 0 Å². The number of aliphatic imine (C=N–C) groups is 1. The van der Waals surface area contributed by atoms with Crippen LogP contribution in [0.3, 0.4) is 0 Å². The zero-order chi connectivity index (χ0) is 11.4. The van der Waals surface area contributed by atoms with Gasteiger partial charge in [-0.3, -0.25) is 4.99 Å². The van der Waals surface area contributed by atoms with E-state index >= 15 is 0 Å². The minimum Gasteiger partial charge on any atom is -0.461 e. The molecule has 0 radical (unpaired) electrons. The van der Waals surface area contributed by atoms with E-state index in [1.165, 1.54) is 6.20 Å². The van der Waals surface area contributed by atoms with Gasteiger partial charge in [0.15, 0.2) is 0 Å². The lowest BCUT2D eigenvalue weighted by atomic mass is 10.2. The van der Waals surface area contributed by atoms with Gasteiger partial charge in [-0.2, -0.15) is 0 Å². The number of carbonyl (C=O) groups is 1. The molecule has 0 spiro atoms. The van der Waals surface area contributed by atoms with E-state index in [-0.39, 0.29) is 0 Å². The molecule has 0 aliphatic carbocycles. The Bertz CT molecular complexity index is 464. The number of nitrogens with zero attached hydrogens (tertiary/aromatic N) is 1. The normalized spacial score (nSPS) is 13.2. The average Bonchev–Trinajstić information content (AvgIpc) is 2.51. The number of para-hydroxylation sites is 1. The van der Waals surface area contributed by atoms with Gasteiger partial charge in [-0.05, 0) is 13.0 Å². The van der Waals surface area contributed by atoms with Crippen molar-refractivity contribution in [1.29, 1.82) is 0 Å². The predicted octanol–water partition coefficient (Wildman–Crippen LogP) is 1.94. The lowest BCUT2D eigenvalue weighted by molar-refractivity contribution is -0.138. The van der Waals surface area contributed by atoms with Gasteiger partial charge < -0.3 is 10.1 Å². The van der Waals surface area contributed by atoms with Crippen molar-refractivity contribution in [2.75, 3.05) is 11.9 Å². The van der Waals surface area contributed by atoms with Gasteiger partial charge in [-0.1, -0.05) is 18.2 Å². The molecule has 4 heteroatoms. The van der Waals surface area contributed by atoms with Crippen LogP contribution in [0, 0.1) is 0 Å². The van der Waals surface area contributed by atoms with Gasteiger partial charge in [-0.15, -0.1) is 0 Å². The fraction of sp³-hybridized carbons (Fsp3) is 0.167. The second-order valence-corrected chi connectivity index (χ2v) is 3.25. The molecule has 0 unspecified atom stereocenters. The number of esters is 1. The minimum atomic E-state index is -0.392. The fourth-order valence-corrected chi connectivity index (χ4v) is 1.41. The van der Waals surface area contributed by atoms with Crippen LogP contribution in [0.1, 0.15) is 12.5 Å². The van der Waals surface area contributed by atoms with Crippen molar-refractivity contribution in [3.63, 3.8) is 0 Å². The first-order chi connectivity index (χ1) is 7.81. The highest BCUT2D eigenvalue weighted by Gasteiger charge is 2.13. The van der Waals surface area contributed by atoms with E-state index in [2.05, 4.69) is 10.3 Å². The second kappa shape index (κ2) is 4.61. The smallest absolute Gasteiger partial charge is 0.356 e. The Balaban J connectivity index is 2.26. The summed E-state index contributed by atoms with van der Waals surface area (Å²) < 4.78 is 4.91. The molecule has 16 heavy (non-hydrogen) atoms. The van der Waals surface area contributed by atoms with E-state index in [0.29, 0.717) is 12.3 Å². The molecule has 1 aliphatic heterocycles. The van der Waals surface area contributed by atoms with Gasteiger partial charge >= 0.3 is 5.97 Å². The molecule has 1 aromatic rings. The summed E-state index contributed by atoms with van der Waals surface area (Å²) in [5.41, 5.74) is 2.14. The third-order valence-electron chi connectivity index (χ3n) is 2.14. The summed E-state index contributed by atoms with van der Waals surface area (Å²) in [6, 6.07) is 7.63. The molecule has 82 valence electrons. The standard InChI is InChI=1S/C12H12N2O2/c1-2-16-12(15)11-8-13-7-9-5-3-4-6-10(9)14-11/h3-8,14H,2H2,1H3. The Morgan fingerprint density at radius 1 is 1.44 bits per heavy atom. The lowest BCUT2D eigenvalue weighted by Gasteiger charge is -2.09. The maximum absolute atomic E-state index is 11.5. The van der Waals surface area contributed by atoms with E-state index in [0.717, 1.165) is 11.3 Å². The van der Waals surface area contributed by atoms with Crippen LogP contribution in [0.15, 0.2) is 41.2 Å². The van der Waals surface area contributed by atoms with Crippen molar-refractivity contribution in [3.8, 4) is 0 Å². The second-order valence-electron chi connectivity index (χ2n) is 3.25. The number of fused-ring (bicyclic) bond motifs is 1.